The number of halogens is 3. The summed E-state index contributed by atoms with van der Waals surface area (Å²) in [5.74, 6) is -3.96. The molecule has 0 radical (unpaired) electrons. The van der Waals surface area contributed by atoms with Crippen molar-refractivity contribution in [1.82, 2.24) is 9.80 Å². The second-order valence-electron chi connectivity index (χ2n) is 8.94. The lowest BCUT2D eigenvalue weighted by molar-refractivity contribution is -0.192. The Morgan fingerprint density at radius 1 is 0.925 bits per heavy atom. The summed E-state index contributed by atoms with van der Waals surface area (Å²) in [7, 11) is 0. The number of nitrogens with zero attached hydrogens (tertiary/aromatic N) is 3. The Bertz CT molecular complexity index is 1210. The van der Waals surface area contributed by atoms with E-state index < -0.39 is 18.1 Å². The third-order valence-corrected chi connectivity index (χ3v) is 6.31. The molecule has 3 rings (SSSR count). The van der Waals surface area contributed by atoms with Crippen LogP contribution in [0.5, 0.6) is 0 Å². The van der Waals surface area contributed by atoms with Gasteiger partial charge in [-0.2, -0.15) is 13.2 Å². The van der Waals surface area contributed by atoms with Crippen LogP contribution >= 0.6 is 0 Å². The molecular weight excluding hydrogens is 533 g/mol. The number of piperazine rings is 1. The SMILES string of the molecule is CCN(CC)C(=O)CN1CCN(c2ccc(NC(=O)c3ccccc3C)cc2C(=O)O)CC1.O=C(O)C(F)(F)F. The lowest BCUT2D eigenvalue weighted by Gasteiger charge is -2.37. The van der Waals surface area contributed by atoms with Crippen molar-refractivity contribution in [3.63, 3.8) is 0 Å². The van der Waals surface area contributed by atoms with Gasteiger partial charge >= 0.3 is 18.1 Å². The maximum absolute atomic E-state index is 12.6. The Balaban J connectivity index is 0.000000708. The first-order valence-electron chi connectivity index (χ1n) is 12.6. The van der Waals surface area contributed by atoms with Crippen LogP contribution in [-0.4, -0.2) is 95.8 Å². The minimum absolute atomic E-state index is 0.119. The van der Waals surface area contributed by atoms with Gasteiger partial charge in [0.1, 0.15) is 0 Å². The number of benzene rings is 2. The fourth-order valence-electron chi connectivity index (χ4n) is 4.10. The van der Waals surface area contributed by atoms with Crippen molar-refractivity contribution in [2.45, 2.75) is 26.9 Å². The van der Waals surface area contributed by atoms with Crippen LogP contribution in [-0.2, 0) is 9.59 Å². The summed E-state index contributed by atoms with van der Waals surface area (Å²) < 4.78 is 31.7. The van der Waals surface area contributed by atoms with Crippen LogP contribution in [0.2, 0.25) is 0 Å². The van der Waals surface area contributed by atoms with E-state index in [0.717, 1.165) is 5.56 Å². The number of alkyl halides is 3. The first-order valence-corrected chi connectivity index (χ1v) is 12.6. The smallest absolute Gasteiger partial charge is 0.478 e. The van der Waals surface area contributed by atoms with Gasteiger partial charge in [0.2, 0.25) is 5.91 Å². The van der Waals surface area contributed by atoms with Gasteiger partial charge in [-0.3, -0.25) is 14.5 Å². The van der Waals surface area contributed by atoms with Gasteiger partial charge in [0.05, 0.1) is 17.8 Å². The van der Waals surface area contributed by atoms with Gasteiger partial charge in [-0.25, -0.2) is 9.59 Å². The molecule has 0 saturated carbocycles. The number of aromatic carboxylic acids is 1. The van der Waals surface area contributed by atoms with Gasteiger partial charge in [-0.15, -0.1) is 0 Å². The van der Waals surface area contributed by atoms with Crippen molar-refractivity contribution < 1.29 is 42.6 Å². The number of likely N-dealkylation sites (N-methyl/N-ethyl adjacent to an activating group) is 1. The Labute approximate surface area is 230 Å². The lowest BCUT2D eigenvalue weighted by Crippen LogP contribution is -2.50. The fourth-order valence-corrected chi connectivity index (χ4v) is 4.10. The Morgan fingerprint density at radius 3 is 2.00 bits per heavy atom. The topological polar surface area (TPSA) is 130 Å². The number of aliphatic carboxylic acids is 1. The first kappa shape index (κ1) is 32.1. The minimum Gasteiger partial charge on any atom is -0.478 e. The molecule has 1 aliphatic rings. The minimum atomic E-state index is -5.08. The van der Waals surface area contributed by atoms with E-state index >= 15 is 0 Å². The molecule has 0 atom stereocenters. The zero-order valence-electron chi connectivity index (χ0n) is 22.5. The molecule has 1 aliphatic heterocycles. The number of hydrogen-bond acceptors (Lipinski definition) is 6. The average Bonchev–Trinajstić information content (AvgIpc) is 2.90. The molecule has 3 N–H and O–H groups in total. The number of nitrogens with one attached hydrogen (secondary N) is 1. The molecule has 0 unspecified atom stereocenters. The Kier molecular flexibility index (Phi) is 11.5. The highest BCUT2D eigenvalue weighted by Gasteiger charge is 2.38. The van der Waals surface area contributed by atoms with E-state index in [0.29, 0.717) is 62.8 Å². The monoisotopic (exact) mass is 566 g/mol. The number of carbonyl (C=O) groups is 4. The quantitative estimate of drug-likeness (QED) is 0.442. The normalized spacial score (nSPS) is 13.6. The predicted octanol–water partition coefficient (Wildman–Crippen LogP) is 3.57. The number of hydrogen-bond donors (Lipinski definition) is 3. The van der Waals surface area contributed by atoms with Crippen molar-refractivity contribution >= 4 is 35.1 Å². The summed E-state index contributed by atoms with van der Waals surface area (Å²) in [6.07, 6.45) is -5.08. The summed E-state index contributed by atoms with van der Waals surface area (Å²) >= 11 is 0. The van der Waals surface area contributed by atoms with Crippen LogP contribution in [0.3, 0.4) is 0 Å². The fraction of sp³-hybridized carbons (Fsp3) is 0.407. The van der Waals surface area contributed by atoms with Crippen LogP contribution in [0.1, 0.15) is 40.1 Å². The van der Waals surface area contributed by atoms with E-state index in [-0.39, 0.29) is 17.4 Å². The van der Waals surface area contributed by atoms with Gasteiger partial charge in [-0.05, 0) is 50.6 Å². The molecule has 10 nitrogen and oxygen atoms in total. The molecule has 1 fully saturated rings. The maximum Gasteiger partial charge on any atom is 0.490 e. The third-order valence-electron chi connectivity index (χ3n) is 6.31. The number of amides is 2. The van der Waals surface area contributed by atoms with E-state index in [9.17, 15) is 32.7 Å². The van der Waals surface area contributed by atoms with E-state index in [1.165, 1.54) is 6.07 Å². The Hall–Kier alpha value is -4.13. The second-order valence-corrected chi connectivity index (χ2v) is 8.94. The summed E-state index contributed by atoms with van der Waals surface area (Å²) in [5, 5.41) is 19.7. The molecule has 13 heteroatoms. The molecule has 0 spiro atoms. The zero-order chi connectivity index (χ0) is 30.0. The van der Waals surface area contributed by atoms with E-state index in [1.807, 2.05) is 42.7 Å². The molecule has 218 valence electrons. The van der Waals surface area contributed by atoms with Gasteiger partial charge in [-0.1, -0.05) is 18.2 Å². The number of carbonyl (C=O) groups excluding carboxylic acids is 2. The van der Waals surface area contributed by atoms with Crippen LogP contribution in [0.25, 0.3) is 0 Å². The molecule has 0 bridgehead atoms. The molecule has 0 aromatic heterocycles. The summed E-state index contributed by atoms with van der Waals surface area (Å²) in [6.45, 7) is 10.2. The molecule has 1 saturated heterocycles. The molecule has 1 heterocycles. The van der Waals surface area contributed by atoms with Crippen LogP contribution < -0.4 is 10.2 Å². The second kappa shape index (κ2) is 14.3. The van der Waals surface area contributed by atoms with Crippen LogP contribution in [0, 0.1) is 6.92 Å². The molecule has 0 aliphatic carbocycles. The molecule has 2 aromatic rings. The van der Waals surface area contributed by atoms with Gasteiger partial charge in [0.25, 0.3) is 5.91 Å². The first-order chi connectivity index (χ1) is 18.8. The predicted molar refractivity (Wildman–Crippen MR) is 143 cm³/mol. The number of carboxylic acid groups (broad SMARTS) is 2. The van der Waals surface area contributed by atoms with Crippen molar-refractivity contribution in [3.05, 3.63) is 59.2 Å². The number of rotatable bonds is 8. The highest BCUT2D eigenvalue weighted by Crippen LogP contribution is 2.26. The van der Waals surface area contributed by atoms with Crippen molar-refractivity contribution in [3.8, 4) is 0 Å². The standard InChI is InChI=1S/C25H32N4O4.C2HF3O2/c1-4-28(5-2)23(30)17-27-12-14-29(15-13-27)22-11-10-19(16-21(22)25(32)33)26-24(31)20-9-7-6-8-18(20)3;3-2(4,5)1(6)7/h6-11,16H,4-5,12-15,17H2,1-3H3,(H,26,31)(H,32,33);(H,6,7). The Morgan fingerprint density at radius 2 is 1.50 bits per heavy atom. The van der Waals surface area contributed by atoms with E-state index in [1.54, 1.807) is 24.3 Å². The van der Waals surface area contributed by atoms with Crippen LogP contribution in [0.15, 0.2) is 42.5 Å². The largest absolute Gasteiger partial charge is 0.490 e. The van der Waals surface area contributed by atoms with Crippen LogP contribution in [0.4, 0.5) is 24.5 Å². The molecule has 2 aromatic carbocycles. The third kappa shape index (κ3) is 8.97. The van der Waals surface area contributed by atoms with Crippen molar-refractivity contribution in [2.24, 2.45) is 0 Å². The number of anilines is 2. The zero-order valence-corrected chi connectivity index (χ0v) is 22.5. The number of carboxylic acids is 2. The lowest BCUT2D eigenvalue weighted by atomic mass is 10.1. The highest BCUT2D eigenvalue weighted by atomic mass is 19.4. The van der Waals surface area contributed by atoms with E-state index in [2.05, 4.69) is 10.2 Å². The van der Waals surface area contributed by atoms with Crippen molar-refractivity contribution in [1.29, 1.82) is 0 Å². The summed E-state index contributed by atoms with van der Waals surface area (Å²) in [6, 6.07) is 12.2. The van der Waals surface area contributed by atoms with Gasteiger partial charge in [0.15, 0.2) is 0 Å². The average molecular weight is 567 g/mol. The maximum atomic E-state index is 12.6. The van der Waals surface area contributed by atoms with Gasteiger partial charge < -0.3 is 25.3 Å². The van der Waals surface area contributed by atoms with E-state index in [4.69, 9.17) is 9.90 Å². The molecular formula is C27H33F3N4O6. The number of aryl methyl sites for hydroxylation is 1. The highest BCUT2D eigenvalue weighted by molar-refractivity contribution is 6.06. The van der Waals surface area contributed by atoms with Gasteiger partial charge in [0, 0.05) is 50.5 Å². The molecule has 40 heavy (non-hydrogen) atoms. The summed E-state index contributed by atoms with van der Waals surface area (Å²) in [4.78, 5) is 51.8. The summed E-state index contributed by atoms with van der Waals surface area (Å²) in [5.41, 5.74) is 2.60. The van der Waals surface area contributed by atoms with Crippen molar-refractivity contribution in [2.75, 3.05) is 56.0 Å². The molecule has 2 amide bonds.